The topological polar surface area (TPSA) is 79.1 Å². The lowest BCUT2D eigenvalue weighted by atomic mass is 10.2. The number of fused-ring (bicyclic) bond motifs is 1. The number of nitrogens with one attached hydrogen (secondary N) is 1. The monoisotopic (exact) mass is 204 g/mol. The van der Waals surface area contributed by atoms with Crippen LogP contribution in [0.5, 0.6) is 0 Å². The van der Waals surface area contributed by atoms with Crippen LogP contribution < -0.4 is 10.6 Å². The maximum absolute atomic E-state index is 7.31. The van der Waals surface area contributed by atoms with Crippen molar-refractivity contribution in [1.29, 1.82) is 5.41 Å². The van der Waals surface area contributed by atoms with Crippen molar-refractivity contribution in [2.75, 3.05) is 19.0 Å². The number of nitrogens with two attached hydrogens (primary N) is 1. The average Bonchev–Trinajstić information content (AvgIpc) is 2.59. The highest BCUT2D eigenvalue weighted by atomic mass is 16.4. The van der Waals surface area contributed by atoms with Crippen LogP contribution >= 0.6 is 0 Å². The van der Waals surface area contributed by atoms with Gasteiger partial charge in [0.25, 0.3) is 6.01 Å². The van der Waals surface area contributed by atoms with E-state index in [-0.39, 0.29) is 5.84 Å². The van der Waals surface area contributed by atoms with E-state index >= 15 is 0 Å². The van der Waals surface area contributed by atoms with Crippen molar-refractivity contribution < 1.29 is 4.42 Å². The highest BCUT2D eigenvalue weighted by Crippen LogP contribution is 2.21. The summed E-state index contributed by atoms with van der Waals surface area (Å²) in [6.07, 6.45) is 0. The Balaban J connectivity index is 2.57. The van der Waals surface area contributed by atoms with Crippen LogP contribution in [0.4, 0.5) is 6.01 Å². The van der Waals surface area contributed by atoms with Crippen LogP contribution in [0.3, 0.4) is 0 Å². The van der Waals surface area contributed by atoms with E-state index in [1.54, 1.807) is 23.1 Å². The van der Waals surface area contributed by atoms with E-state index in [9.17, 15) is 0 Å². The van der Waals surface area contributed by atoms with E-state index in [4.69, 9.17) is 15.6 Å². The molecular formula is C10H12N4O. The van der Waals surface area contributed by atoms with Gasteiger partial charge in [0.1, 0.15) is 11.4 Å². The number of oxazole rings is 1. The number of hydrogen-bond donors (Lipinski definition) is 2. The van der Waals surface area contributed by atoms with Crippen LogP contribution in [0.2, 0.25) is 0 Å². The molecular weight excluding hydrogens is 192 g/mol. The fourth-order valence-corrected chi connectivity index (χ4v) is 1.27. The molecule has 0 saturated heterocycles. The largest absolute Gasteiger partial charge is 0.423 e. The minimum atomic E-state index is 0.0336. The van der Waals surface area contributed by atoms with Crippen LogP contribution in [-0.2, 0) is 0 Å². The molecule has 15 heavy (non-hydrogen) atoms. The molecule has 0 saturated carbocycles. The number of nitrogens with zero attached hydrogens (tertiary/aromatic N) is 2. The van der Waals surface area contributed by atoms with Crippen molar-refractivity contribution >= 4 is 22.9 Å². The lowest BCUT2D eigenvalue weighted by Gasteiger charge is -2.03. The Bertz CT molecular complexity index is 515. The molecule has 0 aliphatic heterocycles. The van der Waals surface area contributed by atoms with Crippen molar-refractivity contribution in [1.82, 2.24) is 4.98 Å². The number of benzene rings is 1. The molecule has 1 aromatic carbocycles. The summed E-state index contributed by atoms with van der Waals surface area (Å²) in [4.78, 5) is 6.05. The van der Waals surface area contributed by atoms with Gasteiger partial charge in [-0.15, -0.1) is 0 Å². The lowest BCUT2D eigenvalue weighted by molar-refractivity contribution is 0.597. The summed E-state index contributed by atoms with van der Waals surface area (Å²) in [6, 6.07) is 5.81. The number of nitrogen functional groups attached to an aromatic ring is 1. The van der Waals surface area contributed by atoms with Crippen LogP contribution in [0.15, 0.2) is 22.6 Å². The predicted molar refractivity (Wildman–Crippen MR) is 59.4 cm³/mol. The minimum absolute atomic E-state index is 0.0336. The molecule has 0 fully saturated rings. The Morgan fingerprint density at radius 2 is 2.20 bits per heavy atom. The van der Waals surface area contributed by atoms with Gasteiger partial charge in [-0.3, -0.25) is 5.41 Å². The molecule has 1 heterocycles. The van der Waals surface area contributed by atoms with E-state index < -0.39 is 0 Å². The zero-order valence-corrected chi connectivity index (χ0v) is 8.61. The maximum Gasteiger partial charge on any atom is 0.297 e. The summed E-state index contributed by atoms with van der Waals surface area (Å²) >= 11 is 0. The summed E-state index contributed by atoms with van der Waals surface area (Å²) in [5.74, 6) is 0.0336. The number of rotatable bonds is 2. The van der Waals surface area contributed by atoms with Gasteiger partial charge in [-0.25, -0.2) is 0 Å². The van der Waals surface area contributed by atoms with Crippen LogP contribution in [0, 0.1) is 5.41 Å². The zero-order chi connectivity index (χ0) is 11.0. The van der Waals surface area contributed by atoms with Crippen LogP contribution in [0.25, 0.3) is 11.1 Å². The molecule has 78 valence electrons. The normalized spacial score (nSPS) is 10.5. The van der Waals surface area contributed by atoms with Gasteiger partial charge >= 0.3 is 0 Å². The number of aromatic nitrogens is 1. The second kappa shape index (κ2) is 3.27. The Morgan fingerprint density at radius 1 is 1.47 bits per heavy atom. The number of anilines is 1. The third-order valence-corrected chi connectivity index (χ3v) is 2.07. The minimum Gasteiger partial charge on any atom is -0.423 e. The molecule has 5 heteroatoms. The van der Waals surface area contributed by atoms with Gasteiger partial charge in [0.15, 0.2) is 5.58 Å². The summed E-state index contributed by atoms with van der Waals surface area (Å²) in [6.45, 7) is 0. The lowest BCUT2D eigenvalue weighted by Crippen LogP contribution is -2.10. The Kier molecular flexibility index (Phi) is 2.07. The predicted octanol–water partition coefficient (Wildman–Crippen LogP) is 1.18. The van der Waals surface area contributed by atoms with E-state index in [0.29, 0.717) is 22.7 Å². The maximum atomic E-state index is 7.31. The Hall–Kier alpha value is -2.04. The molecule has 0 bridgehead atoms. The number of hydrogen-bond acceptors (Lipinski definition) is 4. The van der Waals surface area contributed by atoms with Crippen molar-refractivity contribution in [3.8, 4) is 0 Å². The first-order valence-corrected chi connectivity index (χ1v) is 4.50. The van der Waals surface area contributed by atoms with E-state index in [0.717, 1.165) is 0 Å². The Morgan fingerprint density at radius 3 is 2.80 bits per heavy atom. The van der Waals surface area contributed by atoms with Crippen LogP contribution in [0.1, 0.15) is 5.56 Å². The quantitative estimate of drug-likeness (QED) is 0.568. The summed E-state index contributed by atoms with van der Waals surface area (Å²) in [5.41, 5.74) is 7.45. The molecule has 0 unspecified atom stereocenters. The molecule has 3 N–H and O–H groups in total. The first-order chi connectivity index (χ1) is 7.08. The molecule has 0 aliphatic carbocycles. The number of amidine groups is 1. The summed E-state index contributed by atoms with van der Waals surface area (Å²) in [7, 11) is 3.72. The van der Waals surface area contributed by atoms with Crippen molar-refractivity contribution in [2.24, 2.45) is 5.73 Å². The summed E-state index contributed by atoms with van der Waals surface area (Å²) < 4.78 is 5.47. The van der Waals surface area contributed by atoms with Gasteiger partial charge in [0.05, 0.1) is 0 Å². The van der Waals surface area contributed by atoms with Gasteiger partial charge in [0.2, 0.25) is 0 Å². The highest BCUT2D eigenvalue weighted by molar-refractivity contribution is 5.97. The van der Waals surface area contributed by atoms with E-state index in [2.05, 4.69) is 4.98 Å². The van der Waals surface area contributed by atoms with Crippen LogP contribution in [-0.4, -0.2) is 24.9 Å². The molecule has 2 rings (SSSR count). The van der Waals surface area contributed by atoms with Crippen molar-refractivity contribution in [3.63, 3.8) is 0 Å². The van der Waals surface area contributed by atoms with Gasteiger partial charge in [-0.05, 0) is 18.2 Å². The van der Waals surface area contributed by atoms with E-state index in [1.165, 1.54) is 0 Å². The molecule has 0 atom stereocenters. The van der Waals surface area contributed by atoms with Crippen molar-refractivity contribution in [3.05, 3.63) is 23.8 Å². The molecule has 0 radical (unpaired) electrons. The SMILES string of the molecule is CN(C)c1nc2cc(C(=N)N)ccc2o1. The van der Waals surface area contributed by atoms with E-state index in [1.807, 2.05) is 14.1 Å². The summed E-state index contributed by atoms with van der Waals surface area (Å²) in [5, 5.41) is 7.31. The molecule has 0 amide bonds. The third-order valence-electron chi connectivity index (χ3n) is 2.07. The van der Waals surface area contributed by atoms with Gasteiger partial charge in [0, 0.05) is 19.7 Å². The van der Waals surface area contributed by atoms with Crippen molar-refractivity contribution in [2.45, 2.75) is 0 Å². The molecule has 2 aromatic rings. The fraction of sp³-hybridized carbons (Fsp3) is 0.200. The molecule has 0 spiro atoms. The van der Waals surface area contributed by atoms with Gasteiger partial charge in [-0.2, -0.15) is 4.98 Å². The Labute approximate surface area is 87.0 Å². The molecule has 1 aromatic heterocycles. The van der Waals surface area contributed by atoms with Gasteiger partial charge in [-0.1, -0.05) is 0 Å². The van der Waals surface area contributed by atoms with Gasteiger partial charge < -0.3 is 15.1 Å². The highest BCUT2D eigenvalue weighted by Gasteiger charge is 2.08. The first kappa shape index (κ1) is 9.51. The smallest absolute Gasteiger partial charge is 0.297 e. The second-order valence-corrected chi connectivity index (χ2v) is 3.49. The average molecular weight is 204 g/mol. The zero-order valence-electron chi connectivity index (χ0n) is 8.61. The second-order valence-electron chi connectivity index (χ2n) is 3.49. The molecule has 5 nitrogen and oxygen atoms in total. The third kappa shape index (κ3) is 1.63. The fourth-order valence-electron chi connectivity index (χ4n) is 1.27. The standard InChI is InChI=1S/C10H12N4O/c1-14(2)10-13-7-5-6(9(11)12)3-4-8(7)15-10/h3-5H,1-2H3,(H3,11,12). The first-order valence-electron chi connectivity index (χ1n) is 4.50. The molecule has 0 aliphatic rings.